The molecule has 2 heterocycles. The number of amides is 1. The van der Waals surface area contributed by atoms with Gasteiger partial charge in [-0.2, -0.15) is 0 Å². The summed E-state index contributed by atoms with van der Waals surface area (Å²) in [5, 5.41) is 1.14. The molecular formula is C28H28N4O. The van der Waals surface area contributed by atoms with E-state index in [0.717, 1.165) is 51.8 Å². The number of nitrogens with zero attached hydrogens (tertiary/aromatic N) is 2. The van der Waals surface area contributed by atoms with Crippen molar-refractivity contribution < 1.29 is 4.79 Å². The van der Waals surface area contributed by atoms with Gasteiger partial charge in [0.1, 0.15) is 6.04 Å². The van der Waals surface area contributed by atoms with E-state index in [0.29, 0.717) is 19.5 Å². The number of benzene rings is 3. The number of hydrogen-bond acceptors (Lipinski definition) is 3. The van der Waals surface area contributed by atoms with Gasteiger partial charge in [-0.05, 0) is 37.1 Å². The minimum Gasteiger partial charge on any atom is -0.361 e. The third kappa shape index (κ3) is 4.20. The van der Waals surface area contributed by atoms with Crippen LogP contribution in [0.5, 0.6) is 0 Å². The van der Waals surface area contributed by atoms with Crippen molar-refractivity contribution in [3.63, 3.8) is 0 Å². The molecule has 1 unspecified atom stereocenters. The lowest BCUT2D eigenvalue weighted by Crippen LogP contribution is -2.39. The van der Waals surface area contributed by atoms with Gasteiger partial charge in [-0.1, -0.05) is 66.7 Å². The standard InChI is InChI=1S/C28H28N4O/c29-16-8-9-17-32-26-15-7-5-13-23(26)27(20-10-2-1-3-11-20)31-25(28(32)33)18-21-19-30-24-14-6-4-12-22(21)24/h1-7,10-15,19,25,30H,8-9,16-18,29H2. The minimum atomic E-state index is -0.510. The van der Waals surface area contributed by atoms with Crippen LogP contribution in [-0.2, 0) is 11.2 Å². The molecule has 1 amide bonds. The molecule has 1 atom stereocenters. The Kier molecular flexibility index (Phi) is 6.05. The molecule has 4 aromatic rings. The number of aromatic nitrogens is 1. The van der Waals surface area contributed by atoms with Crippen LogP contribution in [-0.4, -0.2) is 35.7 Å². The van der Waals surface area contributed by atoms with E-state index in [2.05, 4.69) is 35.3 Å². The summed E-state index contributed by atoms with van der Waals surface area (Å²) < 4.78 is 0. The second kappa shape index (κ2) is 9.43. The molecule has 0 saturated carbocycles. The second-order valence-electron chi connectivity index (χ2n) is 8.43. The largest absolute Gasteiger partial charge is 0.361 e. The zero-order valence-electron chi connectivity index (χ0n) is 18.6. The number of fused-ring (bicyclic) bond motifs is 2. The van der Waals surface area contributed by atoms with Crippen molar-refractivity contribution in [2.24, 2.45) is 10.7 Å². The number of carbonyl (C=O) groups excluding carboxylic acids is 1. The van der Waals surface area contributed by atoms with Crippen LogP contribution < -0.4 is 10.6 Å². The van der Waals surface area contributed by atoms with Crippen molar-refractivity contribution >= 4 is 28.2 Å². The highest BCUT2D eigenvalue weighted by molar-refractivity contribution is 6.20. The van der Waals surface area contributed by atoms with E-state index in [1.807, 2.05) is 59.6 Å². The van der Waals surface area contributed by atoms with Gasteiger partial charge < -0.3 is 15.6 Å². The number of H-pyrrole nitrogens is 1. The number of para-hydroxylation sites is 2. The molecule has 0 saturated heterocycles. The summed E-state index contributed by atoms with van der Waals surface area (Å²) in [7, 11) is 0. The first-order valence-electron chi connectivity index (χ1n) is 11.6. The number of nitrogens with one attached hydrogen (secondary N) is 1. The van der Waals surface area contributed by atoms with Gasteiger partial charge in [-0.25, -0.2) is 0 Å². The Balaban J connectivity index is 1.62. The van der Waals surface area contributed by atoms with Crippen LogP contribution in [0.1, 0.15) is 29.5 Å². The minimum absolute atomic E-state index is 0.0377. The normalized spacial score (nSPS) is 15.9. The Morgan fingerprint density at radius 1 is 0.909 bits per heavy atom. The number of unbranched alkanes of at least 4 members (excludes halogenated alkanes) is 1. The van der Waals surface area contributed by atoms with Gasteiger partial charge in [0.05, 0.1) is 11.4 Å². The van der Waals surface area contributed by atoms with Crippen LogP contribution in [0.25, 0.3) is 10.9 Å². The molecule has 0 bridgehead atoms. The van der Waals surface area contributed by atoms with Crippen molar-refractivity contribution in [3.05, 3.63) is 102 Å². The van der Waals surface area contributed by atoms with E-state index in [9.17, 15) is 4.79 Å². The molecule has 3 aromatic carbocycles. The van der Waals surface area contributed by atoms with Gasteiger partial charge in [-0.3, -0.25) is 9.79 Å². The smallest absolute Gasteiger partial charge is 0.252 e. The third-order valence-corrected chi connectivity index (χ3v) is 6.26. The fourth-order valence-electron chi connectivity index (χ4n) is 4.60. The van der Waals surface area contributed by atoms with Crippen LogP contribution in [0.15, 0.2) is 90.1 Å². The molecule has 33 heavy (non-hydrogen) atoms. The third-order valence-electron chi connectivity index (χ3n) is 6.26. The summed E-state index contributed by atoms with van der Waals surface area (Å²) in [4.78, 5) is 24.3. The molecule has 3 N–H and O–H groups in total. The van der Waals surface area contributed by atoms with Crippen LogP contribution in [0.2, 0.25) is 0 Å². The Labute approximate surface area is 194 Å². The van der Waals surface area contributed by atoms with Crippen molar-refractivity contribution in [3.8, 4) is 0 Å². The van der Waals surface area contributed by atoms with Crippen LogP contribution in [0.4, 0.5) is 5.69 Å². The van der Waals surface area contributed by atoms with Gasteiger partial charge in [0, 0.05) is 41.2 Å². The van der Waals surface area contributed by atoms with Gasteiger partial charge in [-0.15, -0.1) is 0 Å². The zero-order valence-corrected chi connectivity index (χ0v) is 18.6. The number of hydrogen-bond donors (Lipinski definition) is 2. The topological polar surface area (TPSA) is 74.5 Å². The van der Waals surface area contributed by atoms with E-state index in [1.54, 1.807) is 0 Å². The molecule has 0 radical (unpaired) electrons. The molecule has 166 valence electrons. The van der Waals surface area contributed by atoms with E-state index >= 15 is 0 Å². The quantitative estimate of drug-likeness (QED) is 0.412. The number of carbonyl (C=O) groups is 1. The van der Waals surface area contributed by atoms with Gasteiger partial charge in [0.25, 0.3) is 5.91 Å². The molecule has 0 spiro atoms. The maximum atomic E-state index is 13.9. The maximum absolute atomic E-state index is 13.9. The summed E-state index contributed by atoms with van der Waals surface area (Å²) in [6.07, 6.45) is 4.29. The van der Waals surface area contributed by atoms with E-state index in [1.165, 1.54) is 0 Å². The van der Waals surface area contributed by atoms with Gasteiger partial charge in [0.15, 0.2) is 0 Å². The highest BCUT2D eigenvalue weighted by atomic mass is 16.2. The number of aromatic amines is 1. The Morgan fingerprint density at radius 2 is 1.67 bits per heavy atom. The fraction of sp³-hybridized carbons (Fsp3) is 0.214. The molecule has 5 nitrogen and oxygen atoms in total. The lowest BCUT2D eigenvalue weighted by atomic mass is 10.00. The highest BCUT2D eigenvalue weighted by Crippen LogP contribution is 2.30. The monoisotopic (exact) mass is 436 g/mol. The molecular weight excluding hydrogens is 408 g/mol. The van der Waals surface area contributed by atoms with Gasteiger partial charge >= 0.3 is 0 Å². The molecule has 5 heteroatoms. The first-order valence-corrected chi connectivity index (χ1v) is 11.6. The molecule has 0 fully saturated rings. The summed E-state index contributed by atoms with van der Waals surface area (Å²) in [5.41, 5.74) is 11.7. The van der Waals surface area contributed by atoms with E-state index < -0.39 is 6.04 Å². The summed E-state index contributed by atoms with van der Waals surface area (Å²) >= 11 is 0. The average Bonchev–Trinajstić information content (AvgIpc) is 3.23. The Hall–Kier alpha value is -3.70. The van der Waals surface area contributed by atoms with Gasteiger partial charge in [0.2, 0.25) is 0 Å². The van der Waals surface area contributed by atoms with E-state index in [-0.39, 0.29) is 5.91 Å². The average molecular weight is 437 g/mol. The number of aliphatic imine (C=N–C) groups is 1. The van der Waals surface area contributed by atoms with Crippen LogP contribution >= 0.6 is 0 Å². The predicted molar refractivity (Wildman–Crippen MR) is 135 cm³/mol. The van der Waals surface area contributed by atoms with Crippen molar-refractivity contribution in [2.75, 3.05) is 18.0 Å². The summed E-state index contributed by atoms with van der Waals surface area (Å²) in [6.45, 7) is 1.25. The Morgan fingerprint density at radius 3 is 2.52 bits per heavy atom. The first kappa shape index (κ1) is 21.2. The fourth-order valence-corrected chi connectivity index (χ4v) is 4.60. The predicted octanol–water partition coefficient (Wildman–Crippen LogP) is 4.70. The van der Waals surface area contributed by atoms with Crippen molar-refractivity contribution in [2.45, 2.75) is 25.3 Å². The number of anilines is 1. The molecule has 1 aliphatic heterocycles. The maximum Gasteiger partial charge on any atom is 0.252 e. The first-order chi connectivity index (χ1) is 16.3. The van der Waals surface area contributed by atoms with Crippen LogP contribution in [0.3, 0.4) is 0 Å². The lowest BCUT2D eigenvalue weighted by molar-refractivity contribution is -0.119. The molecule has 5 rings (SSSR count). The summed E-state index contributed by atoms with van der Waals surface area (Å²) in [6, 6.07) is 25.9. The Bertz CT molecular complexity index is 1290. The molecule has 1 aromatic heterocycles. The van der Waals surface area contributed by atoms with Crippen molar-refractivity contribution in [1.82, 2.24) is 4.98 Å². The van der Waals surface area contributed by atoms with E-state index in [4.69, 9.17) is 10.7 Å². The second-order valence-corrected chi connectivity index (χ2v) is 8.43. The van der Waals surface area contributed by atoms with Crippen LogP contribution in [0, 0.1) is 0 Å². The SMILES string of the molecule is NCCCCN1C(=O)C(Cc2c[nH]c3ccccc23)N=C(c2ccccc2)c2ccccc21. The van der Waals surface area contributed by atoms with Crippen molar-refractivity contribution in [1.29, 1.82) is 0 Å². The lowest BCUT2D eigenvalue weighted by Gasteiger charge is -2.25. The zero-order chi connectivity index (χ0) is 22.6. The highest BCUT2D eigenvalue weighted by Gasteiger charge is 2.32. The molecule has 0 aliphatic carbocycles. The number of benzodiazepines with no additional fused rings is 1. The summed E-state index contributed by atoms with van der Waals surface area (Å²) in [5.74, 6) is 0.0377. The number of rotatable bonds is 7. The molecule has 1 aliphatic rings. The number of nitrogens with two attached hydrogens (primary N) is 1.